The summed E-state index contributed by atoms with van der Waals surface area (Å²) >= 11 is 0. The minimum Gasteiger partial charge on any atom is -0.368 e. The monoisotopic (exact) mass is 274 g/mol. The largest absolute Gasteiger partial charge is 0.368 e. The Morgan fingerprint density at radius 1 is 1.25 bits per heavy atom. The van der Waals surface area contributed by atoms with E-state index in [2.05, 4.69) is 20.6 Å². The average molecular weight is 274 g/mol. The molecule has 2 aromatic rings. The fourth-order valence-electron chi connectivity index (χ4n) is 1.74. The van der Waals surface area contributed by atoms with E-state index in [1.165, 1.54) is 4.90 Å². The average Bonchev–Trinajstić information content (AvgIpc) is 2.42. The van der Waals surface area contributed by atoms with Gasteiger partial charge in [-0.3, -0.25) is 0 Å². The van der Waals surface area contributed by atoms with Gasteiger partial charge < -0.3 is 21.3 Å². The normalized spacial score (nSPS) is 10.3. The topological polar surface area (TPSA) is 96.2 Å². The number of aromatic nitrogens is 2. The molecule has 1 aromatic carbocycles. The van der Waals surface area contributed by atoms with Gasteiger partial charge in [-0.1, -0.05) is 12.1 Å². The van der Waals surface area contributed by atoms with Gasteiger partial charge in [0.1, 0.15) is 5.82 Å². The van der Waals surface area contributed by atoms with Crippen LogP contribution in [0.4, 0.5) is 16.6 Å². The van der Waals surface area contributed by atoms with Gasteiger partial charge in [-0.15, -0.1) is 0 Å². The number of urea groups is 1. The Hall–Kier alpha value is -2.57. The third-order valence-electron chi connectivity index (χ3n) is 2.72. The molecule has 4 N–H and O–H groups in total. The highest BCUT2D eigenvalue weighted by Gasteiger charge is 2.05. The first-order valence-electron chi connectivity index (χ1n) is 6.29. The molecule has 1 heterocycles. The summed E-state index contributed by atoms with van der Waals surface area (Å²) in [6.07, 6.45) is 0. The van der Waals surface area contributed by atoms with Gasteiger partial charge in [0, 0.05) is 32.6 Å². The molecule has 0 aliphatic carbocycles. The molecule has 0 fully saturated rings. The van der Waals surface area contributed by atoms with Crippen LogP contribution in [0.5, 0.6) is 0 Å². The maximum absolute atomic E-state index is 11.4. The lowest BCUT2D eigenvalue weighted by atomic mass is 10.2. The van der Waals surface area contributed by atoms with E-state index in [4.69, 9.17) is 5.73 Å². The molecule has 0 radical (unpaired) electrons. The summed E-state index contributed by atoms with van der Waals surface area (Å²) in [6.45, 7) is 1.05. The molecule has 0 spiro atoms. The highest BCUT2D eigenvalue weighted by atomic mass is 16.2. The number of nitrogens with zero attached hydrogens (tertiary/aromatic N) is 3. The van der Waals surface area contributed by atoms with E-state index in [0.29, 0.717) is 18.9 Å². The number of nitrogen functional groups attached to an aromatic ring is 1. The van der Waals surface area contributed by atoms with Crippen molar-refractivity contribution in [3.63, 3.8) is 0 Å². The van der Waals surface area contributed by atoms with E-state index in [1.807, 2.05) is 24.3 Å². The quantitative estimate of drug-likeness (QED) is 0.720. The Balaban J connectivity index is 2.01. The van der Waals surface area contributed by atoms with E-state index < -0.39 is 0 Å². The molecular formula is C13H18N6O. The Bertz CT molecular complexity index is 613. The second-order valence-electron chi connectivity index (χ2n) is 4.50. The van der Waals surface area contributed by atoms with Crippen molar-refractivity contribution in [1.82, 2.24) is 20.2 Å². The van der Waals surface area contributed by atoms with Gasteiger partial charge in [0.25, 0.3) is 0 Å². The Labute approximate surface area is 117 Å². The smallest absolute Gasteiger partial charge is 0.316 e. The van der Waals surface area contributed by atoms with Gasteiger partial charge in [-0.2, -0.15) is 4.98 Å². The predicted molar refractivity (Wildman–Crippen MR) is 79.5 cm³/mol. The summed E-state index contributed by atoms with van der Waals surface area (Å²) in [5.41, 5.74) is 6.47. The molecule has 7 nitrogen and oxygen atoms in total. The SMILES string of the molecule is CN(C)C(=O)NCCNc1nc(N)nc2ccccc12. The van der Waals surface area contributed by atoms with Gasteiger partial charge in [-0.05, 0) is 12.1 Å². The lowest BCUT2D eigenvalue weighted by Gasteiger charge is -2.13. The molecule has 0 aliphatic heterocycles. The fourth-order valence-corrected chi connectivity index (χ4v) is 1.74. The van der Waals surface area contributed by atoms with Gasteiger partial charge >= 0.3 is 6.03 Å². The van der Waals surface area contributed by atoms with Crippen molar-refractivity contribution in [2.24, 2.45) is 0 Å². The van der Waals surface area contributed by atoms with Crippen molar-refractivity contribution >= 4 is 28.7 Å². The number of nitrogens with one attached hydrogen (secondary N) is 2. The highest BCUT2D eigenvalue weighted by Crippen LogP contribution is 2.20. The number of benzene rings is 1. The molecule has 0 saturated carbocycles. The summed E-state index contributed by atoms with van der Waals surface area (Å²) in [5.74, 6) is 0.899. The van der Waals surface area contributed by atoms with Crippen LogP contribution in [0, 0.1) is 0 Å². The molecule has 106 valence electrons. The van der Waals surface area contributed by atoms with Crippen LogP contribution in [0.25, 0.3) is 10.9 Å². The van der Waals surface area contributed by atoms with Crippen LogP contribution in [0.1, 0.15) is 0 Å². The third kappa shape index (κ3) is 3.25. The summed E-state index contributed by atoms with van der Waals surface area (Å²) in [6, 6.07) is 7.50. The van der Waals surface area contributed by atoms with Crippen LogP contribution < -0.4 is 16.4 Å². The first-order valence-corrected chi connectivity index (χ1v) is 6.29. The zero-order chi connectivity index (χ0) is 14.5. The van der Waals surface area contributed by atoms with Gasteiger partial charge in [0.15, 0.2) is 0 Å². The minimum absolute atomic E-state index is 0.126. The Kier molecular flexibility index (Phi) is 4.19. The van der Waals surface area contributed by atoms with Crippen molar-refractivity contribution in [2.45, 2.75) is 0 Å². The van der Waals surface area contributed by atoms with Crippen LogP contribution in [-0.2, 0) is 0 Å². The number of nitrogens with two attached hydrogens (primary N) is 1. The Morgan fingerprint density at radius 3 is 2.75 bits per heavy atom. The molecule has 2 amide bonds. The van der Waals surface area contributed by atoms with Crippen LogP contribution in [0.3, 0.4) is 0 Å². The summed E-state index contributed by atoms with van der Waals surface area (Å²) in [4.78, 5) is 21.2. The summed E-state index contributed by atoms with van der Waals surface area (Å²) < 4.78 is 0. The molecular weight excluding hydrogens is 256 g/mol. The first kappa shape index (κ1) is 13.9. The number of carbonyl (C=O) groups excluding carboxylic acids is 1. The molecule has 2 rings (SSSR count). The second-order valence-corrected chi connectivity index (χ2v) is 4.50. The van der Waals surface area contributed by atoms with Crippen LogP contribution in [0.2, 0.25) is 0 Å². The molecule has 0 unspecified atom stereocenters. The van der Waals surface area contributed by atoms with Crippen LogP contribution in [0.15, 0.2) is 24.3 Å². The van der Waals surface area contributed by atoms with Crippen LogP contribution >= 0.6 is 0 Å². The maximum Gasteiger partial charge on any atom is 0.316 e. The van der Waals surface area contributed by atoms with Crippen molar-refractivity contribution in [1.29, 1.82) is 0 Å². The van der Waals surface area contributed by atoms with E-state index >= 15 is 0 Å². The van der Waals surface area contributed by atoms with E-state index in [-0.39, 0.29) is 12.0 Å². The van der Waals surface area contributed by atoms with Crippen molar-refractivity contribution < 1.29 is 4.79 Å². The highest BCUT2D eigenvalue weighted by molar-refractivity contribution is 5.89. The lowest BCUT2D eigenvalue weighted by molar-refractivity contribution is 0.218. The third-order valence-corrected chi connectivity index (χ3v) is 2.72. The number of carbonyl (C=O) groups is 1. The number of hydrogen-bond donors (Lipinski definition) is 3. The van der Waals surface area contributed by atoms with Gasteiger partial charge in [0.05, 0.1) is 5.52 Å². The van der Waals surface area contributed by atoms with Crippen LogP contribution in [-0.4, -0.2) is 48.1 Å². The number of amides is 2. The molecule has 1 aromatic heterocycles. The number of fused-ring (bicyclic) bond motifs is 1. The van der Waals surface area contributed by atoms with Gasteiger partial charge in [-0.25, -0.2) is 9.78 Å². The minimum atomic E-state index is -0.126. The predicted octanol–water partition coefficient (Wildman–Crippen LogP) is 0.895. The van der Waals surface area contributed by atoms with E-state index in [9.17, 15) is 4.79 Å². The standard InChI is InChI=1S/C13H18N6O/c1-19(2)13(20)16-8-7-15-11-9-5-3-4-6-10(9)17-12(14)18-11/h3-6H,7-8H2,1-2H3,(H,16,20)(H3,14,15,17,18). The second kappa shape index (κ2) is 6.05. The van der Waals surface area contributed by atoms with E-state index in [0.717, 1.165) is 10.9 Å². The summed E-state index contributed by atoms with van der Waals surface area (Å²) in [7, 11) is 3.39. The molecule has 0 saturated heterocycles. The first-order chi connectivity index (χ1) is 9.58. The zero-order valence-electron chi connectivity index (χ0n) is 11.6. The summed E-state index contributed by atoms with van der Waals surface area (Å²) in [5, 5.41) is 6.83. The number of hydrogen-bond acceptors (Lipinski definition) is 5. The molecule has 20 heavy (non-hydrogen) atoms. The number of rotatable bonds is 4. The number of anilines is 2. The lowest BCUT2D eigenvalue weighted by Crippen LogP contribution is -2.37. The molecule has 0 bridgehead atoms. The Morgan fingerprint density at radius 2 is 2.00 bits per heavy atom. The number of para-hydroxylation sites is 1. The molecule has 7 heteroatoms. The fraction of sp³-hybridized carbons (Fsp3) is 0.308. The molecule has 0 aliphatic rings. The molecule has 0 atom stereocenters. The van der Waals surface area contributed by atoms with E-state index in [1.54, 1.807) is 14.1 Å². The van der Waals surface area contributed by atoms with Crippen molar-refractivity contribution in [2.75, 3.05) is 38.2 Å². The zero-order valence-corrected chi connectivity index (χ0v) is 11.6. The van der Waals surface area contributed by atoms with Crippen molar-refractivity contribution in [3.8, 4) is 0 Å². The maximum atomic E-state index is 11.4. The van der Waals surface area contributed by atoms with Gasteiger partial charge in [0.2, 0.25) is 5.95 Å². The van der Waals surface area contributed by atoms with Crippen molar-refractivity contribution in [3.05, 3.63) is 24.3 Å².